The Morgan fingerprint density at radius 1 is 1.14 bits per heavy atom. The first kappa shape index (κ1) is 18.1. The van der Waals surface area contributed by atoms with Crippen LogP contribution in [0.2, 0.25) is 0 Å². The van der Waals surface area contributed by atoms with Crippen LogP contribution >= 0.6 is 11.3 Å². The maximum atomic E-state index is 14.4. The lowest BCUT2D eigenvalue weighted by Crippen LogP contribution is -2.36. The molecule has 0 saturated carbocycles. The second-order valence-electron chi connectivity index (χ2n) is 6.82. The number of fused-ring (bicyclic) bond motifs is 2. The van der Waals surface area contributed by atoms with Gasteiger partial charge in [0.2, 0.25) is 0 Å². The number of halogens is 1. The highest BCUT2D eigenvalue weighted by molar-refractivity contribution is 7.90. The summed E-state index contributed by atoms with van der Waals surface area (Å²) in [5.41, 5.74) is 0.885. The normalized spacial score (nSPS) is 14.3. The predicted octanol–water partition coefficient (Wildman–Crippen LogP) is 4.12. The molecular formula is C20H15FN2O4S2. The number of benzene rings is 2. The second-order valence-corrected chi connectivity index (χ2v) is 9.38. The van der Waals surface area contributed by atoms with Gasteiger partial charge in [-0.15, -0.1) is 11.3 Å². The van der Waals surface area contributed by atoms with Gasteiger partial charge in [-0.25, -0.2) is 17.5 Å². The topological polar surface area (TPSA) is 79.6 Å². The summed E-state index contributed by atoms with van der Waals surface area (Å²) in [5, 5.41) is 2.16. The molecule has 3 heterocycles. The fourth-order valence-electron chi connectivity index (χ4n) is 3.34. The van der Waals surface area contributed by atoms with E-state index in [0.717, 1.165) is 24.2 Å². The molecule has 1 saturated heterocycles. The maximum absolute atomic E-state index is 14.4. The molecule has 0 bridgehead atoms. The molecule has 0 atom stereocenters. The van der Waals surface area contributed by atoms with Gasteiger partial charge in [0.05, 0.1) is 5.39 Å². The van der Waals surface area contributed by atoms with Crippen LogP contribution in [0.3, 0.4) is 0 Å². The lowest BCUT2D eigenvalue weighted by atomic mass is 10.1. The number of anilines is 1. The molecule has 4 aromatic rings. The fraction of sp³-hybridized carbons (Fsp3) is 0.150. The molecular weight excluding hydrogens is 415 g/mol. The van der Waals surface area contributed by atoms with Crippen LogP contribution < -0.4 is 9.62 Å². The van der Waals surface area contributed by atoms with Gasteiger partial charge in [-0.3, -0.25) is 4.79 Å². The number of sulfonamides is 1. The van der Waals surface area contributed by atoms with E-state index in [-0.39, 0.29) is 21.6 Å². The van der Waals surface area contributed by atoms with Crippen LogP contribution in [0.15, 0.2) is 57.2 Å². The summed E-state index contributed by atoms with van der Waals surface area (Å²) in [5.74, 6) is -1.72. The molecule has 1 amide bonds. The van der Waals surface area contributed by atoms with E-state index in [4.69, 9.17) is 4.42 Å². The van der Waals surface area contributed by atoms with Gasteiger partial charge in [-0.1, -0.05) is 18.2 Å². The van der Waals surface area contributed by atoms with Gasteiger partial charge in [0.1, 0.15) is 16.3 Å². The van der Waals surface area contributed by atoms with Crippen molar-refractivity contribution in [1.82, 2.24) is 4.72 Å². The molecule has 0 aliphatic carbocycles. The number of furan rings is 1. The van der Waals surface area contributed by atoms with Crippen molar-refractivity contribution in [2.24, 2.45) is 0 Å². The Balaban J connectivity index is 1.47. The zero-order valence-electron chi connectivity index (χ0n) is 15.0. The van der Waals surface area contributed by atoms with Crippen LogP contribution in [-0.2, 0) is 10.0 Å². The number of hydrogen-bond acceptors (Lipinski definition) is 6. The minimum atomic E-state index is -4.11. The smallest absolute Gasteiger partial charge is 0.300 e. The lowest BCUT2D eigenvalue weighted by Gasteiger charge is -2.33. The van der Waals surface area contributed by atoms with E-state index in [0.29, 0.717) is 11.1 Å². The highest BCUT2D eigenvalue weighted by Crippen LogP contribution is 2.31. The monoisotopic (exact) mass is 430 g/mol. The van der Waals surface area contributed by atoms with Crippen molar-refractivity contribution >= 4 is 54.0 Å². The van der Waals surface area contributed by atoms with Crippen molar-refractivity contribution in [1.29, 1.82) is 0 Å². The first-order valence-electron chi connectivity index (χ1n) is 8.94. The second kappa shape index (κ2) is 6.57. The number of amides is 1. The third-order valence-electron chi connectivity index (χ3n) is 4.98. The van der Waals surface area contributed by atoms with E-state index in [1.807, 2.05) is 15.7 Å². The van der Waals surface area contributed by atoms with Gasteiger partial charge < -0.3 is 9.32 Å². The van der Waals surface area contributed by atoms with Crippen molar-refractivity contribution in [2.75, 3.05) is 18.0 Å². The minimum absolute atomic E-state index is 0.0220. The zero-order valence-corrected chi connectivity index (χ0v) is 16.6. The van der Waals surface area contributed by atoms with Crippen LogP contribution in [-0.4, -0.2) is 27.4 Å². The number of rotatable bonds is 4. The molecule has 0 spiro atoms. The molecule has 6 nitrogen and oxygen atoms in total. The lowest BCUT2D eigenvalue weighted by molar-refractivity contribution is 0.0956. The number of carbonyl (C=O) groups excluding carboxylic acids is 1. The molecule has 1 fully saturated rings. The van der Waals surface area contributed by atoms with Crippen LogP contribution in [0.25, 0.3) is 21.1 Å². The molecule has 5 rings (SSSR count). The summed E-state index contributed by atoms with van der Waals surface area (Å²) >= 11 is 1.27. The predicted molar refractivity (Wildman–Crippen MR) is 109 cm³/mol. The van der Waals surface area contributed by atoms with Crippen LogP contribution in [0.1, 0.15) is 17.0 Å². The van der Waals surface area contributed by atoms with Gasteiger partial charge >= 0.3 is 5.91 Å². The first-order chi connectivity index (χ1) is 13.9. The van der Waals surface area contributed by atoms with Crippen LogP contribution in [0.5, 0.6) is 0 Å². The average molecular weight is 430 g/mol. The number of thiophene rings is 1. The van der Waals surface area contributed by atoms with E-state index >= 15 is 0 Å². The quantitative estimate of drug-likeness (QED) is 0.527. The van der Waals surface area contributed by atoms with Crippen molar-refractivity contribution in [3.05, 3.63) is 59.4 Å². The number of carbonyl (C=O) groups is 1. The molecule has 148 valence electrons. The average Bonchev–Trinajstić information content (AvgIpc) is 3.24. The van der Waals surface area contributed by atoms with Crippen LogP contribution in [0, 0.1) is 5.82 Å². The van der Waals surface area contributed by atoms with Gasteiger partial charge in [0.25, 0.3) is 10.0 Å². The Morgan fingerprint density at radius 2 is 1.93 bits per heavy atom. The molecule has 1 N–H and O–H groups in total. The summed E-state index contributed by atoms with van der Waals surface area (Å²) in [4.78, 5) is 14.6. The van der Waals surface area contributed by atoms with Crippen molar-refractivity contribution in [3.8, 4) is 0 Å². The van der Waals surface area contributed by atoms with Gasteiger partial charge in [-0.2, -0.15) is 0 Å². The van der Waals surface area contributed by atoms with Crippen molar-refractivity contribution in [3.63, 3.8) is 0 Å². The highest BCUT2D eigenvalue weighted by atomic mass is 32.2. The first-order valence-corrected chi connectivity index (χ1v) is 11.3. The third kappa shape index (κ3) is 3.06. The maximum Gasteiger partial charge on any atom is 0.300 e. The Kier molecular flexibility index (Phi) is 4.11. The van der Waals surface area contributed by atoms with Gasteiger partial charge in [0.15, 0.2) is 5.76 Å². The number of nitrogens with one attached hydrogen (secondary N) is 1. The van der Waals surface area contributed by atoms with E-state index in [1.54, 1.807) is 24.3 Å². The van der Waals surface area contributed by atoms with Crippen molar-refractivity contribution < 1.29 is 22.0 Å². The van der Waals surface area contributed by atoms with Crippen LogP contribution in [0.4, 0.5) is 10.1 Å². The zero-order chi connectivity index (χ0) is 20.2. The fourth-order valence-corrected chi connectivity index (χ4v) is 5.80. The van der Waals surface area contributed by atoms with Crippen molar-refractivity contribution in [2.45, 2.75) is 11.3 Å². The van der Waals surface area contributed by atoms with Gasteiger partial charge in [0, 0.05) is 46.4 Å². The molecule has 0 unspecified atom stereocenters. The van der Waals surface area contributed by atoms with Gasteiger partial charge in [-0.05, 0) is 18.6 Å². The summed E-state index contributed by atoms with van der Waals surface area (Å²) in [6, 6.07) is 11.3. The Morgan fingerprint density at radius 3 is 2.69 bits per heavy atom. The SMILES string of the molecule is O=C(NS(=O)(=O)c1csc2ccccc12)c1cc2c(F)cc(N3CCC3)cc2o1. The standard InChI is InChI=1S/C20H15FN2O4S2/c21-15-8-12(23-6-3-7-23)9-16-14(15)10-17(27-16)20(24)22-29(25,26)19-11-28-18-5-2-1-4-13(18)19/h1-2,4-5,8-11H,3,6-7H2,(H,22,24). The molecule has 0 radical (unpaired) electrons. The summed E-state index contributed by atoms with van der Waals surface area (Å²) < 4.78 is 48.2. The highest BCUT2D eigenvalue weighted by Gasteiger charge is 2.25. The Hall–Kier alpha value is -2.91. The molecule has 2 aromatic heterocycles. The summed E-state index contributed by atoms with van der Waals surface area (Å²) in [6.45, 7) is 1.68. The van der Waals surface area contributed by atoms with E-state index in [2.05, 4.69) is 0 Å². The Bertz CT molecular complexity index is 1370. The largest absolute Gasteiger partial charge is 0.451 e. The minimum Gasteiger partial charge on any atom is -0.451 e. The molecule has 29 heavy (non-hydrogen) atoms. The number of nitrogens with zero attached hydrogens (tertiary/aromatic N) is 1. The van der Waals surface area contributed by atoms with E-state index < -0.39 is 21.7 Å². The summed E-state index contributed by atoms with van der Waals surface area (Å²) in [7, 11) is -4.11. The molecule has 1 aliphatic rings. The molecule has 2 aromatic carbocycles. The molecule has 9 heteroatoms. The van der Waals surface area contributed by atoms with E-state index in [1.165, 1.54) is 28.8 Å². The summed E-state index contributed by atoms with van der Waals surface area (Å²) in [6.07, 6.45) is 1.04. The van der Waals surface area contributed by atoms with E-state index in [9.17, 15) is 17.6 Å². The third-order valence-corrected chi connectivity index (χ3v) is 7.46. The number of hydrogen-bond donors (Lipinski definition) is 1. The molecule has 1 aliphatic heterocycles. The Labute approximate surface area is 169 Å².